The fourth-order valence-corrected chi connectivity index (χ4v) is 2.00. The highest BCUT2D eigenvalue weighted by molar-refractivity contribution is 5.72. The summed E-state index contributed by atoms with van der Waals surface area (Å²) in [6.07, 6.45) is 2.71. The number of pyridine rings is 1. The molecule has 92 valence electrons. The zero-order valence-corrected chi connectivity index (χ0v) is 10.2. The summed E-state index contributed by atoms with van der Waals surface area (Å²) in [6.45, 7) is 5.40. The minimum Gasteiger partial charge on any atom is -0.368 e. The molecule has 1 aliphatic rings. The Hall–Kier alpha value is -1.78. The fraction of sp³-hybridized carbons (Fsp3) is 0.500. The van der Waals surface area contributed by atoms with Gasteiger partial charge in [-0.1, -0.05) is 0 Å². The van der Waals surface area contributed by atoms with Crippen LogP contribution in [-0.2, 0) is 13.0 Å². The number of carbonyl (C=O) groups excluding carboxylic acids is 1. The van der Waals surface area contributed by atoms with Crippen LogP contribution < -0.4 is 11.1 Å². The number of amides is 2. The van der Waals surface area contributed by atoms with Gasteiger partial charge in [0.25, 0.3) is 0 Å². The van der Waals surface area contributed by atoms with E-state index in [0.29, 0.717) is 19.1 Å². The van der Waals surface area contributed by atoms with Gasteiger partial charge in [-0.05, 0) is 37.5 Å². The lowest BCUT2D eigenvalue weighted by molar-refractivity contribution is 0.202. The first-order valence-electron chi connectivity index (χ1n) is 5.85. The number of nitrogens with two attached hydrogens (primary N) is 1. The molecule has 1 aromatic rings. The van der Waals surface area contributed by atoms with Crippen molar-refractivity contribution in [2.45, 2.75) is 32.9 Å². The maximum Gasteiger partial charge on any atom is 0.315 e. The molecule has 0 saturated carbocycles. The van der Waals surface area contributed by atoms with Crippen LogP contribution in [0, 0.1) is 0 Å². The van der Waals surface area contributed by atoms with Gasteiger partial charge in [0.2, 0.25) is 0 Å². The number of aromatic nitrogens is 1. The van der Waals surface area contributed by atoms with Crippen molar-refractivity contribution in [3.8, 4) is 0 Å². The van der Waals surface area contributed by atoms with Gasteiger partial charge in [-0.2, -0.15) is 0 Å². The quantitative estimate of drug-likeness (QED) is 0.811. The molecule has 0 atom stereocenters. The van der Waals surface area contributed by atoms with Crippen LogP contribution in [0.5, 0.6) is 0 Å². The third kappa shape index (κ3) is 2.67. The fourth-order valence-electron chi connectivity index (χ4n) is 2.00. The standard InChI is InChI=1S/C12H18N4O/c1-8(2)15-11-5-10-7-16(12(13)17)4-3-9(10)6-14-11/h5-6,8H,3-4,7H2,1-2H3,(H2,13,17)(H,14,15). The van der Waals surface area contributed by atoms with Crippen LogP contribution in [0.15, 0.2) is 12.3 Å². The van der Waals surface area contributed by atoms with Crippen molar-refractivity contribution in [3.63, 3.8) is 0 Å². The molecule has 3 N–H and O–H groups in total. The van der Waals surface area contributed by atoms with E-state index >= 15 is 0 Å². The number of anilines is 1. The van der Waals surface area contributed by atoms with E-state index < -0.39 is 0 Å². The van der Waals surface area contributed by atoms with Crippen LogP contribution in [0.2, 0.25) is 0 Å². The molecule has 1 aliphatic heterocycles. The molecule has 0 spiro atoms. The van der Waals surface area contributed by atoms with Crippen LogP contribution in [-0.4, -0.2) is 28.5 Å². The largest absolute Gasteiger partial charge is 0.368 e. The number of hydrogen-bond donors (Lipinski definition) is 2. The third-order valence-electron chi connectivity index (χ3n) is 2.84. The van der Waals surface area contributed by atoms with E-state index in [9.17, 15) is 4.79 Å². The van der Waals surface area contributed by atoms with E-state index in [2.05, 4.69) is 24.1 Å². The number of fused-ring (bicyclic) bond motifs is 1. The number of nitrogens with one attached hydrogen (secondary N) is 1. The van der Waals surface area contributed by atoms with Crippen molar-refractivity contribution < 1.29 is 4.79 Å². The van der Waals surface area contributed by atoms with Crippen LogP contribution in [0.25, 0.3) is 0 Å². The Morgan fingerprint density at radius 2 is 2.29 bits per heavy atom. The molecule has 2 rings (SSSR count). The Morgan fingerprint density at radius 1 is 1.53 bits per heavy atom. The molecule has 0 saturated heterocycles. The minimum atomic E-state index is -0.356. The Balaban J connectivity index is 2.19. The summed E-state index contributed by atoms with van der Waals surface area (Å²) < 4.78 is 0. The first-order valence-corrected chi connectivity index (χ1v) is 5.85. The summed E-state index contributed by atoms with van der Waals surface area (Å²) >= 11 is 0. The molecule has 0 bridgehead atoms. The lowest BCUT2D eigenvalue weighted by Crippen LogP contribution is -2.39. The lowest BCUT2D eigenvalue weighted by atomic mass is 10.0. The number of urea groups is 1. The van der Waals surface area contributed by atoms with Crippen LogP contribution in [0.4, 0.5) is 10.6 Å². The molecular formula is C12H18N4O. The molecule has 0 aliphatic carbocycles. The Labute approximate surface area is 101 Å². The van der Waals surface area contributed by atoms with Crippen molar-refractivity contribution in [1.82, 2.24) is 9.88 Å². The molecule has 0 radical (unpaired) electrons. The molecule has 2 amide bonds. The number of nitrogens with zero attached hydrogens (tertiary/aromatic N) is 2. The first-order chi connectivity index (χ1) is 8.06. The third-order valence-corrected chi connectivity index (χ3v) is 2.84. The molecule has 0 fully saturated rings. The van der Waals surface area contributed by atoms with Crippen LogP contribution in [0.3, 0.4) is 0 Å². The summed E-state index contributed by atoms with van der Waals surface area (Å²) in [5, 5.41) is 3.25. The maximum atomic E-state index is 11.1. The highest BCUT2D eigenvalue weighted by Gasteiger charge is 2.19. The number of carbonyl (C=O) groups is 1. The van der Waals surface area contributed by atoms with Crippen molar-refractivity contribution in [3.05, 3.63) is 23.4 Å². The van der Waals surface area contributed by atoms with E-state index in [0.717, 1.165) is 17.8 Å². The minimum absolute atomic E-state index is 0.344. The van der Waals surface area contributed by atoms with Crippen LogP contribution in [0.1, 0.15) is 25.0 Å². The van der Waals surface area contributed by atoms with E-state index in [4.69, 9.17) is 5.73 Å². The SMILES string of the molecule is CC(C)Nc1cc2c(cn1)CCN(C(N)=O)C2. The molecule has 17 heavy (non-hydrogen) atoms. The van der Waals surface area contributed by atoms with Crippen molar-refractivity contribution in [1.29, 1.82) is 0 Å². The topological polar surface area (TPSA) is 71.2 Å². The Morgan fingerprint density at radius 3 is 2.94 bits per heavy atom. The van der Waals surface area contributed by atoms with Gasteiger partial charge in [-0.15, -0.1) is 0 Å². The number of primary amides is 1. The highest BCUT2D eigenvalue weighted by Crippen LogP contribution is 2.20. The maximum absolute atomic E-state index is 11.1. The van der Waals surface area contributed by atoms with Crippen molar-refractivity contribution >= 4 is 11.8 Å². The Bertz CT molecular complexity index is 431. The summed E-state index contributed by atoms with van der Waals surface area (Å²) in [5.41, 5.74) is 7.64. The summed E-state index contributed by atoms with van der Waals surface area (Å²) in [7, 11) is 0. The van der Waals surface area contributed by atoms with Gasteiger partial charge in [0.1, 0.15) is 5.82 Å². The van der Waals surface area contributed by atoms with Crippen molar-refractivity contribution in [2.24, 2.45) is 5.73 Å². The predicted octanol–water partition coefficient (Wildman–Crippen LogP) is 1.34. The summed E-state index contributed by atoms with van der Waals surface area (Å²) in [5.74, 6) is 0.852. The lowest BCUT2D eigenvalue weighted by Gasteiger charge is -2.27. The van der Waals surface area contributed by atoms with E-state index in [1.54, 1.807) is 4.90 Å². The second kappa shape index (κ2) is 4.61. The van der Waals surface area contributed by atoms with Crippen LogP contribution >= 0.6 is 0 Å². The second-order valence-corrected chi connectivity index (χ2v) is 4.65. The molecule has 5 heteroatoms. The Kier molecular flexibility index (Phi) is 3.17. The predicted molar refractivity (Wildman–Crippen MR) is 66.7 cm³/mol. The van der Waals surface area contributed by atoms with Gasteiger partial charge in [-0.3, -0.25) is 0 Å². The molecule has 0 unspecified atom stereocenters. The first kappa shape index (κ1) is 11.7. The molecular weight excluding hydrogens is 216 g/mol. The van der Waals surface area contributed by atoms with Gasteiger partial charge < -0.3 is 16.0 Å². The number of rotatable bonds is 2. The van der Waals surface area contributed by atoms with Gasteiger partial charge >= 0.3 is 6.03 Å². The van der Waals surface area contributed by atoms with E-state index in [1.165, 1.54) is 5.56 Å². The molecule has 0 aromatic carbocycles. The van der Waals surface area contributed by atoms with Crippen molar-refractivity contribution in [2.75, 3.05) is 11.9 Å². The van der Waals surface area contributed by atoms with Gasteiger partial charge in [0.15, 0.2) is 0 Å². The highest BCUT2D eigenvalue weighted by atomic mass is 16.2. The zero-order chi connectivity index (χ0) is 12.4. The monoisotopic (exact) mass is 234 g/mol. The summed E-state index contributed by atoms with van der Waals surface area (Å²) in [6, 6.07) is 1.99. The normalized spacial score (nSPS) is 14.6. The molecule has 1 aromatic heterocycles. The molecule has 2 heterocycles. The second-order valence-electron chi connectivity index (χ2n) is 4.65. The van der Waals surface area contributed by atoms with Gasteiger partial charge in [-0.25, -0.2) is 9.78 Å². The van der Waals surface area contributed by atoms with Gasteiger partial charge in [0, 0.05) is 25.3 Å². The average Bonchev–Trinajstić information content (AvgIpc) is 2.27. The van der Waals surface area contributed by atoms with E-state index in [1.807, 2.05) is 12.3 Å². The summed E-state index contributed by atoms with van der Waals surface area (Å²) in [4.78, 5) is 17.2. The smallest absolute Gasteiger partial charge is 0.315 e. The number of hydrogen-bond acceptors (Lipinski definition) is 3. The zero-order valence-electron chi connectivity index (χ0n) is 10.2. The van der Waals surface area contributed by atoms with Gasteiger partial charge in [0.05, 0.1) is 0 Å². The average molecular weight is 234 g/mol. The van der Waals surface area contributed by atoms with E-state index in [-0.39, 0.29) is 6.03 Å². The molecule has 5 nitrogen and oxygen atoms in total.